The van der Waals surface area contributed by atoms with E-state index in [1.54, 1.807) is 14.2 Å². The molecule has 18 heavy (non-hydrogen) atoms. The molecule has 0 fully saturated rings. The predicted octanol–water partition coefficient (Wildman–Crippen LogP) is 1.90. The van der Waals surface area contributed by atoms with E-state index in [2.05, 4.69) is 23.9 Å². The molecule has 3 nitrogen and oxygen atoms in total. The molecule has 0 aromatic heterocycles. The number of benzene rings is 1. The number of methoxy groups -OCH3 is 2. The Morgan fingerprint density at radius 2 is 2.00 bits per heavy atom. The van der Waals surface area contributed by atoms with Crippen LogP contribution in [0.15, 0.2) is 12.1 Å². The first-order valence-electron chi connectivity index (χ1n) is 6.52. The van der Waals surface area contributed by atoms with Crippen molar-refractivity contribution in [3.8, 4) is 11.5 Å². The van der Waals surface area contributed by atoms with Crippen molar-refractivity contribution < 1.29 is 14.0 Å². The van der Waals surface area contributed by atoms with Gasteiger partial charge in [-0.25, -0.2) is 4.58 Å². The molecule has 0 amide bonds. The van der Waals surface area contributed by atoms with Gasteiger partial charge >= 0.3 is 0 Å². The fourth-order valence-electron chi connectivity index (χ4n) is 3.39. The van der Waals surface area contributed by atoms with Crippen molar-refractivity contribution in [1.82, 2.24) is 0 Å². The molecule has 0 bridgehead atoms. The first-order valence-corrected chi connectivity index (χ1v) is 6.52. The van der Waals surface area contributed by atoms with Gasteiger partial charge in [0.05, 0.1) is 14.2 Å². The highest BCUT2D eigenvalue weighted by Gasteiger charge is 2.39. The van der Waals surface area contributed by atoms with Crippen LogP contribution < -0.4 is 9.47 Å². The van der Waals surface area contributed by atoms with E-state index < -0.39 is 0 Å². The van der Waals surface area contributed by atoms with Crippen molar-refractivity contribution in [2.75, 3.05) is 21.3 Å². The van der Waals surface area contributed by atoms with Gasteiger partial charge in [-0.3, -0.25) is 0 Å². The number of hydrogen-bond donors (Lipinski definition) is 0. The molecule has 1 heterocycles. The Labute approximate surface area is 108 Å². The molecule has 3 rings (SSSR count). The van der Waals surface area contributed by atoms with E-state index >= 15 is 0 Å². The van der Waals surface area contributed by atoms with Crippen LogP contribution in [0, 0.1) is 5.92 Å². The smallest absolute Gasteiger partial charge is 0.164 e. The summed E-state index contributed by atoms with van der Waals surface area (Å²) in [6.07, 6.45) is 5.72. The van der Waals surface area contributed by atoms with Crippen LogP contribution in [0.3, 0.4) is 0 Å². The Morgan fingerprint density at radius 3 is 2.72 bits per heavy atom. The molecule has 0 saturated carbocycles. The highest BCUT2D eigenvalue weighted by molar-refractivity contribution is 5.57. The fourth-order valence-corrected chi connectivity index (χ4v) is 3.39. The number of rotatable bonds is 2. The Morgan fingerprint density at radius 1 is 1.17 bits per heavy atom. The molecule has 0 N–H and O–H groups in total. The van der Waals surface area contributed by atoms with Gasteiger partial charge in [0.1, 0.15) is 13.3 Å². The van der Waals surface area contributed by atoms with Crippen molar-refractivity contribution in [2.45, 2.75) is 25.3 Å². The summed E-state index contributed by atoms with van der Waals surface area (Å²) in [5.41, 5.74) is 2.76. The molecule has 0 radical (unpaired) electrons. The summed E-state index contributed by atoms with van der Waals surface area (Å²) in [6.45, 7) is 0. The van der Waals surface area contributed by atoms with Gasteiger partial charge in [-0.15, -0.1) is 0 Å². The zero-order chi connectivity index (χ0) is 12.7. The van der Waals surface area contributed by atoms with Gasteiger partial charge in [-0.05, 0) is 18.1 Å². The number of nitrogens with zero attached hydrogens (tertiary/aromatic N) is 1. The summed E-state index contributed by atoms with van der Waals surface area (Å²) < 4.78 is 13.3. The zero-order valence-corrected chi connectivity index (χ0v) is 11.3. The van der Waals surface area contributed by atoms with Gasteiger partial charge in [0.15, 0.2) is 17.5 Å². The minimum atomic E-state index is 0.663. The molecule has 0 saturated heterocycles. The van der Waals surface area contributed by atoms with Crippen LogP contribution in [-0.4, -0.2) is 38.1 Å². The number of ether oxygens (including phenoxy) is 2. The maximum Gasteiger partial charge on any atom is 0.164 e. The molecule has 2 aliphatic rings. The quantitative estimate of drug-likeness (QED) is 0.743. The van der Waals surface area contributed by atoms with Crippen LogP contribution in [0.5, 0.6) is 11.5 Å². The molecule has 0 spiro atoms. The van der Waals surface area contributed by atoms with Gasteiger partial charge in [-0.1, -0.05) is 6.07 Å². The van der Waals surface area contributed by atoms with Crippen molar-refractivity contribution in [3.63, 3.8) is 0 Å². The molecule has 1 aromatic carbocycles. The maximum atomic E-state index is 5.56. The third-order valence-corrected chi connectivity index (χ3v) is 4.40. The Balaban J connectivity index is 2.03. The van der Waals surface area contributed by atoms with Crippen molar-refractivity contribution >= 4 is 6.21 Å². The van der Waals surface area contributed by atoms with Crippen LogP contribution >= 0.6 is 0 Å². The van der Waals surface area contributed by atoms with Gasteiger partial charge in [-0.2, -0.15) is 0 Å². The molecule has 2 atom stereocenters. The molecule has 3 heteroatoms. The van der Waals surface area contributed by atoms with Gasteiger partial charge in [0, 0.05) is 24.3 Å². The Bertz CT molecular complexity index is 507. The normalized spacial score (nSPS) is 25.2. The number of hydrogen-bond acceptors (Lipinski definition) is 2. The minimum absolute atomic E-state index is 0.663. The van der Waals surface area contributed by atoms with E-state index in [0.29, 0.717) is 6.04 Å². The Kier molecular flexibility index (Phi) is 2.77. The third kappa shape index (κ3) is 1.61. The fraction of sp³-hybridized carbons (Fsp3) is 0.533. The lowest BCUT2D eigenvalue weighted by atomic mass is 9.79. The zero-order valence-electron chi connectivity index (χ0n) is 11.3. The van der Waals surface area contributed by atoms with Crippen LogP contribution in [-0.2, 0) is 12.8 Å². The van der Waals surface area contributed by atoms with E-state index in [9.17, 15) is 0 Å². The second kappa shape index (κ2) is 4.30. The summed E-state index contributed by atoms with van der Waals surface area (Å²) in [4.78, 5) is 0. The van der Waals surface area contributed by atoms with E-state index in [0.717, 1.165) is 30.3 Å². The van der Waals surface area contributed by atoms with Crippen LogP contribution in [0.25, 0.3) is 0 Å². The summed E-state index contributed by atoms with van der Waals surface area (Å²) >= 11 is 0. The summed E-state index contributed by atoms with van der Waals surface area (Å²) in [5.74, 6) is 2.51. The summed E-state index contributed by atoms with van der Waals surface area (Å²) in [6, 6.07) is 4.88. The summed E-state index contributed by atoms with van der Waals surface area (Å²) in [5, 5.41) is 0. The molecule has 1 aliphatic heterocycles. The highest BCUT2D eigenvalue weighted by Crippen LogP contribution is 2.41. The van der Waals surface area contributed by atoms with Gasteiger partial charge < -0.3 is 9.47 Å². The lowest BCUT2D eigenvalue weighted by molar-refractivity contribution is -0.532. The Hall–Kier alpha value is -1.51. The predicted molar refractivity (Wildman–Crippen MR) is 71.1 cm³/mol. The van der Waals surface area contributed by atoms with Crippen molar-refractivity contribution in [1.29, 1.82) is 0 Å². The highest BCUT2D eigenvalue weighted by atomic mass is 16.5. The van der Waals surface area contributed by atoms with E-state index in [1.165, 1.54) is 17.5 Å². The topological polar surface area (TPSA) is 21.5 Å². The lowest BCUT2D eigenvalue weighted by Gasteiger charge is -2.27. The molecule has 96 valence electrons. The van der Waals surface area contributed by atoms with Gasteiger partial charge in [0.2, 0.25) is 0 Å². The van der Waals surface area contributed by atoms with E-state index in [-0.39, 0.29) is 0 Å². The molecular weight excluding hydrogens is 226 g/mol. The van der Waals surface area contributed by atoms with Crippen LogP contribution in [0.2, 0.25) is 0 Å². The second-order valence-electron chi connectivity index (χ2n) is 5.26. The first-order chi connectivity index (χ1) is 8.74. The summed E-state index contributed by atoms with van der Waals surface area (Å²) in [7, 11) is 5.63. The third-order valence-electron chi connectivity index (χ3n) is 4.40. The molecule has 1 unspecified atom stereocenters. The molecule has 1 aromatic rings. The maximum absolute atomic E-state index is 5.56. The SMILES string of the molecule is COc1ccc2c(c1OC)C[C@H]1CC=[N+](C)C1C2. The largest absolute Gasteiger partial charge is 0.493 e. The van der Waals surface area contributed by atoms with Crippen molar-refractivity contribution in [2.24, 2.45) is 5.92 Å². The van der Waals surface area contributed by atoms with Gasteiger partial charge in [0.25, 0.3) is 0 Å². The minimum Gasteiger partial charge on any atom is -0.493 e. The van der Waals surface area contributed by atoms with E-state index in [4.69, 9.17) is 9.47 Å². The van der Waals surface area contributed by atoms with Crippen LogP contribution in [0.4, 0.5) is 0 Å². The number of fused-ring (bicyclic) bond motifs is 2. The first kappa shape index (κ1) is 11.6. The standard InChI is InChI=1S/C15H20NO2/c1-16-7-6-11-8-12-10(9-13(11)16)4-5-14(17-2)15(12)18-3/h4-5,7,11,13H,6,8-9H2,1-3H3/q+1/t11-,13?/m1/s1. The average molecular weight is 246 g/mol. The monoisotopic (exact) mass is 246 g/mol. The second-order valence-corrected chi connectivity index (χ2v) is 5.26. The van der Waals surface area contributed by atoms with Crippen molar-refractivity contribution in [3.05, 3.63) is 23.3 Å². The molecule has 1 aliphatic carbocycles. The molecular formula is C15H20NO2+. The number of likely N-dealkylation sites (N-methyl/N-ethyl adjacent to an activating group) is 1. The lowest BCUT2D eigenvalue weighted by Crippen LogP contribution is -2.33. The average Bonchev–Trinajstić information content (AvgIpc) is 2.76. The van der Waals surface area contributed by atoms with Crippen LogP contribution in [0.1, 0.15) is 17.5 Å². The van der Waals surface area contributed by atoms with E-state index in [1.807, 2.05) is 6.07 Å².